The smallest absolute Gasteiger partial charge is 0.339 e. The van der Waals surface area contributed by atoms with Crippen molar-refractivity contribution in [1.82, 2.24) is 0 Å². The lowest BCUT2D eigenvalue weighted by Crippen LogP contribution is -2.03. The van der Waals surface area contributed by atoms with Gasteiger partial charge in [-0.25, -0.2) is 4.79 Å². The number of hydrogen-bond acceptors (Lipinski definition) is 2. The van der Waals surface area contributed by atoms with E-state index in [0.717, 1.165) is 10.9 Å². The molecule has 1 aromatic carbocycles. The highest BCUT2D eigenvalue weighted by atomic mass is 16.4. The molecule has 0 saturated carbocycles. The van der Waals surface area contributed by atoms with Crippen LogP contribution in [0.1, 0.15) is 22.3 Å². The Kier molecular flexibility index (Phi) is 2.14. The van der Waals surface area contributed by atoms with E-state index in [1.165, 1.54) is 11.1 Å². The van der Waals surface area contributed by atoms with Gasteiger partial charge in [0.1, 0.15) is 5.58 Å². The van der Waals surface area contributed by atoms with Crippen molar-refractivity contribution in [2.75, 3.05) is 0 Å². The molecule has 2 aromatic rings. The lowest BCUT2D eigenvalue weighted by atomic mass is 10.0. The van der Waals surface area contributed by atoms with Crippen molar-refractivity contribution in [2.45, 2.75) is 27.7 Å². The maximum atomic E-state index is 11.4. The van der Waals surface area contributed by atoms with Gasteiger partial charge in [-0.1, -0.05) is 0 Å². The molecule has 0 fully saturated rings. The van der Waals surface area contributed by atoms with E-state index in [9.17, 15) is 4.79 Å². The molecule has 0 saturated heterocycles. The summed E-state index contributed by atoms with van der Waals surface area (Å²) in [6.45, 7) is 7.88. The van der Waals surface area contributed by atoms with Crippen LogP contribution >= 0.6 is 0 Å². The Morgan fingerprint density at radius 1 is 0.933 bits per heavy atom. The first kappa shape index (κ1) is 9.97. The number of aryl methyl sites for hydroxylation is 3. The molecular formula is C13H14O2. The summed E-state index contributed by atoms with van der Waals surface area (Å²) in [5.74, 6) is 0. The van der Waals surface area contributed by atoms with Crippen molar-refractivity contribution in [3.8, 4) is 0 Å². The van der Waals surface area contributed by atoms with Crippen molar-refractivity contribution < 1.29 is 4.42 Å². The minimum absolute atomic E-state index is 0.242. The molecular weight excluding hydrogens is 188 g/mol. The molecule has 0 aliphatic rings. The van der Waals surface area contributed by atoms with Crippen molar-refractivity contribution >= 4 is 11.0 Å². The first-order chi connectivity index (χ1) is 7.00. The van der Waals surface area contributed by atoms with Gasteiger partial charge in [-0.2, -0.15) is 0 Å². The Labute approximate surface area is 88.5 Å². The Bertz CT molecular complexity index is 591. The normalized spacial score (nSPS) is 10.9. The van der Waals surface area contributed by atoms with Crippen LogP contribution in [0.25, 0.3) is 11.0 Å². The summed E-state index contributed by atoms with van der Waals surface area (Å²) < 4.78 is 5.30. The van der Waals surface area contributed by atoms with Crippen molar-refractivity contribution in [1.29, 1.82) is 0 Å². The molecule has 0 bridgehead atoms. The van der Waals surface area contributed by atoms with Crippen LogP contribution in [0.3, 0.4) is 0 Å². The van der Waals surface area contributed by atoms with Crippen LogP contribution in [-0.2, 0) is 0 Å². The third-order valence-corrected chi connectivity index (χ3v) is 3.02. The van der Waals surface area contributed by atoms with Gasteiger partial charge >= 0.3 is 5.63 Å². The van der Waals surface area contributed by atoms with Crippen molar-refractivity contribution in [2.24, 2.45) is 0 Å². The largest absolute Gasteiger partial charge is 0.422 e. The van der Waals surface area contributed by atoms with E-state index in [-0.39, 0.29) is 5.63 Å². The topological polar surface area (TPSA) is 30.2 Å². The number of fused-ring (bicyclic) bond motifs is 1. The predicted molar refractivity (Wildman–Crippen MR) is 61.4 cm³/mol. The number of benzene rings is 1. The molecule has 2 nitrogen and oxygen atoms in total. The maximum absolute atomic E-state index is 11.4. The average Bonchev–Trinajstić information content (AvgIpc) is 2.19. The molecule has 1 aromatic heterocycles. The fraction of sp³-hybridized carbons (Fsp3) is 0.308. The quantitative estimate of drug-likeness (QED) is 0.615. The lowest BCUT2D eigenvalue weighted by molar-refractivity contribution is 0.552. The molecule has 0 aliphatic heterocycles. The second-order valence-corrected chi connectivity index (χ2v) is 4.08. The SMILES string of the molecule is Cc1cc2cc(C)c(=O)oc2c(C)c1C. The fourth-order valence-corrected chi connectivity index (χ4v) is 1.80. The molecule has 0 N–H and O–H groups in total. The molecule has 15 heavy (non-hydrogen) atoms. The summed E-state index contributed by atoms with van der Waals surface area (Å²) in [4.78, 5) is 11.4. The molecule has 78 valence electrons. The summed E-state index contributed by atoms with van der Waals surface area (Å²) in [7, 11) is 0. The maximum Gasteiger partial charge on any atom is 0.339 e. The van der Waals surface area contributed by atoms with Crippen LogP contribution < -0.4 is 5.63 Å². The Morgan fingerprint density at radius 2 is 1.53 bits per heavy atom. The molecule has 0 atom stereocenters. The standard InChI is InChI=1S/C13H14O2/c1-7-5-11-6-8(2)13(14)15-12(11)10(4)9(7)3/h5-6H,1-4H3. The second kappa shape index (κ2) is 3.23. The summed E-state index contributed by atoms with van der Waals surface area (Å²) in [6, 6.07) is 3.95. The molecule has 2 heteroatoms. The van der Waals surface area contributed by atoms with Gasteiger partial charge in [0.2, 0.25) is 0 Å². The van der Waals surface area contributed by atoms with Gasteiger partial charge in [0.15, 0.2) is 0 Å². The van der Waals surface area contributed by atoms with Gasteiger partial charge in [-0.15, -0.1) is 0 Å². The van der Waals surface area contributed by atoms with E-state index in [1.807, 2.05) is 19.9 Å². The molecule has 0 radical (unpaired) electrons. The number of hydrogen-bond donors (Lipinski definition) is 0. The van der Waals surface area contributed by atoms with Crippen LogP contribution in [-0.4, -0.2) is 0 Å². The first-order valence-corrected chi connectivity index (χ1v) is 5.02. The lowest BCUT2D eigenvalue weighted by Gasteiger charge is -2.08. The van der Waals surface area contributed by atoms with Crippen LogP contribution in [0, 0.1) is 27.7 Å². The summed E-state index contributed by atoms with van der Waals surface area (Å²) in [6.07, 6.45) is 0. The molecule has 0 aliphatic carbocycles. The van der Waals surface area contributed by atoms with E-state index in [1.54, 1.807) is 6.92 Å². The van der Waals surface area contributed by atoms with Gasteiger partial charge < -0.3 is 4.42 Å². The van der Waals surface area contributed by atoms with Crippen molar-refractivity contribution in [3.05, 3.63) is 44.8 Å². The molecule has 0 unspecified atom stereocenters. The van der Waals surface area contributed by atoms with E-state index in [2.05, 4.69) is 13.0 Å². The summed E-state index contributed by atoms with van der Waals surface area (Å²) in [5, 5.41) is 1.01. The minimum Gasteiger partial charge on any atom is -0.422 e. The number of rotatable bonds is 0. The zero-order valence-electron chi connectivity index (χ0n) is 9.47. The molecule has 0 spiro atoms. The highest BCUT2D eigenvalue weighted by molar-refractivity contribution is 5.82. The summed E-state index contributed by atoms with van der Waals surface area (Å²) in [5.41, 5.74) is 4.61. The third kappa shape index (κ3) is 1.46. The van der Waals surface area contributed by atoms with E-state index < -0.39 is 0 Å². The monoisotopic (exact) mass is 202 g/mol. The van der Waals surface area contributed by atoms with Crippen LogP contribution in [0.15, 0.2) is 21.3 Å². The minimum atomic E-state index is -0.242. The van der Waals surface area contributed by atoms with Gasteiger partial charge in [0.25, 0.3) is 0 Å². The van der Waals surface area contributed by atoms with Crippen molar-refractivity contribution in [3.63, 3.8) is 0 Å². The zero-order chi connectivity index (χ0) is 11.2. The Morgan fingerprint density at radius 3 is 2.20 bits per heavy atom. The van der Waals surface area contributed by atoms with Crippen LogP contribution in [0.5, 0.6) is 0 Å². The fourth-order valence-electron chi connectivity index (χ4n) is 1.80. The summed E-state index contributed by atoms with van der Waals surface area (Å²) >= 11 is 0. The molecule has 0 amide bonds. The first-order valence-electron chi connectivity index (χ1n) is 5.02. The predicted octanol–water partition coefficient (Wildman–Crippen LogP) is 3.03. The second-order valence-electron chi connectivity index (χ2n) is 4.08. The van der Waals surface area contributed by atoms with E-state index >= 15 is 0 Å². The van der Waals surface area contributed by atoms with Gasteiger partial charge in [-0.3, -0.25) is 0 Å². The average molecular weight is 202 g/mol. The molecule has 2 rings (SSSR count). The van der Waals surface area contributed by atoms with Crippen LogP contribution in [0.4, 0.5) is 0 Å². The Hall–Kier alpha value is -1.57. The highest BCUT2D eigenvalue weighted by Crippen LogP contribution is 2.23. The highest BCUT2D eigenvalue weighted by Gasteiger charge is 2.08. The van der Waals surface area contributed by atoms with Gasteiger partial charge in [0, 0.05) is 10.9 Å². The van der Waals surface area contributed by atoms with Gasteiger partial charge in [-0.05, 0) is 56.5 Å². The molecule has 1 heterocycles. The van der Waals surface area contributed by atoms with E-state index in [4.69, 9.17) is 4.42 Å². The third-order valence-electron chi connectivity index (χ3n) is 3.02. The Balaban J connectivity index is 3.00. The van der Waals surface area contributed by atoms with Gasteiger partial charge in [0.05, 0.1) is 0 Å². The van der Waals surface area contributed by atoms with E-state index in [0.29, 0.717) is 11.1 Å². The zero-order valence-corrected chi connectivity index (χ0v) is 9.47. The van der Waals surface area contributed by atoms with Crippen LogP contribution in [0.2, 0.25) is 0 Å².